The van der Waals surface area contributed by atoms with Crippen LogP contribution in [0.5, 0.6) is 0 Å². The van der Waals surface area contributed by atoms with Crippen molar-refractivity contribution in [3.8, 4) is 0 Å². The highest BCUT2D eigenvalue weighted by atomic mass is 15.2. The number of aryl methyl sites for hydroxylation is 2. The molecule has 1 heterocycles. The smallest absolute Gasteiger partial charge is 0.133 e. The Bertz CT molecular complexity index is 549. The van der Waals surface area contributed by atoms with Gasteiger partial charge in [-0.05, 0) is 50.1 Å². The summed E-state index contributed by atoms with van der Waals surface area (Å²) in [5, 5.41) is 0. The molecule has 2 N–H and O–H groups in total. The van der Waals surface area contributed by atoms with Gasteiger partial charge < -0.3 is 10.6 Å². The summed E-state index contributed by atoms with van der Waals surface area (Å²) in [4.78, 5) is 6.60. The molecule has 3 nitrogen and oxygen atoms in total. The summed E-state index contributed by atoms with van der Waals surface area (Å²) in [5.74, 6) is 0.940. The number of hydrogen-bond donors (Lipinski definition) is 1. The van der Waals surface area contributed by atoms with Crippen molar-refractivity contribution in [1.29, 1.82) is 0 Å². The lowest BCUT2D eigenvalue weighted by molar-refractivity contribution is 0.986. The fourth-order valence-corrected chi connectivity index (χ4v) is 1.97. The average molecular weight is 241 g/mol. The highest BCUT2D eigenvalue weighted by Crippen LogP contribution is 2.25. The lowest BCUT2D eigenvalue weighted by atomic mass is 10.2. The van der Waals surface area contributed by atoms with E-state index in [1.54, 1.807) is 6.20 Å². The monoisotopic (exact) mass is 241 g/mol. The number of aromatic nitrogens is 1. The molecule has 0 saturated carbocycles. The Hall–Kier alpha value is -2.03. The van der Waals surface area contributed by atoms with Crippen LogP contribution in [0.1, 0.15) is 18.1 Å². The van der Waals surface area contributed by atoms with E-state index in [2.05, 4.69) is 48.0 Å². The maximum atomic E-state index is 5.81. The summed E-state index contributed by atoms with van der Waals surface area (Å²) < 4.78 is 0. The van der Waals surface area contributed by atoms with Crippen LogP contribution in [0.15, 0.2) is 36.5 Å². The van der Waals surface area contributed by atoms with Gasteiger partial charge in [-0.2, -0.15) is 0 Å². The van der Waals surface area contributed by atoms with Gasteiger partial charge in [0, 0.05) is 12.2 Å². The minimum absolute atomic E-state index is 0.735. The zero-order valence-electron chi connectivity index (χ0n) is 11.1. The highest BCUT2D eigenvalue weighted by molar-refractivity contribution is 5.63. The lowest BCUT2D eigenvalue weighted by Crippen LogP contribution is -2.17. The summed E-state index contributed by atoms with van der Waals surface area (Å²) >= 11 is 0. The summed E-state index contributed by atoms with van der Waals surface area (Å²) in [7, 11) is 0. The van der Waals surface area contributed by atoms with Crippen LogP contribution in [-0.4, -0.2) is 11.5 Å². The number of nitrogen functional groups attached to an aromatic ring is 1. The van der Waals surface area contributed by atoms with Crippen LogP contribution in [0.2, 0.25) is 0 Å². The van der Waals surface area contributed by atoms with E-state index in [9.17, 15) is 0 Å². The molecular formula is C15H19N3. The minimum atomic E-state index is 0.735. The third-order valence-electron chi connectivity index (χ3n) is 3.04. The van der Waals surface area contributed by atoms with E-state index in [1.165, 1.54) is 5.56 Å². The normalized spacial score (nSPS) is 10.4. The summed E-state index contributed by atoms with van der Waals surface area (Å²) in [6, 6.07) is 10.5. The van der Waals surface area contributed by atoms with Crippen molar-refractivity contribution >= 4 is 17.2 Å². The van der Waals surface area contributed by atoms with Crippen LogP contribution in [0.3, 0.4) is 0 Å². The second-order valence-corrected chi connectivity index (χ2v) is 4.48. The van der Waals surface area contributed by atoms with Crippen LogP contribution < -0.4 is 10.6 Å². The average Bonchev–Trinajstić information content (AvgIpc) is 2.35. The zero-order valence-corrected chi connectivity index (χ0v) is 11.1. The number of pyridine rings is 1. The first-order chi connectivity index (χ1) is 8.61. The quantitative estimate of drug-likeness (QED) is 0.895. The Labute approximate surface area is 108 Å². The van der Waals surface area contributed by atoms with Crippen LogP contribution >= 0.6 is 0 Å². The first-order valence-electron chi connectivity index (χ1n) is 6.18. The molecule has 0 fully saturated rings. The number of nitrogens with zero attached hydrogens (tertiary/aromatic N) is 2. The molecule has 0 bridgehead atoms. The standard InChI is InChI=1S/C15H19N3/c1-4-18(13-7-5-6-11(2)8-13)15-9-12(3)14(16)10-17-15/h5-10H,4,16H2,1-3H3. The topological polar surface area (TPSA) is 42.1 Å². The van der Waals surface area contributed by atoms with Crippen molar-refractivity contribution in [2.24, 2.45) is 0 Å². The van der Waals surface area contributed by atoms with Crippen molar-refractivity contribution < 1.29 is 0 Å². The van der Waals surface area contributed by atoms with E-state index < -0.39 is 0 Å². The Kier molecular flexibility index (Phi) is 3.51. The van der Waals surface area contributed by atoms with Gasteiger partial charge in [0.05, 0.1) is 11.9 Å². The zero-order chi connectivity index (χ0) is 13.1. The Morgan fingerprint density at radius 3 is 2.61 bits per heavy atom. The Balaban J connectivity index is 2.42. The number of anilines is 3. The first-order valence-corrected chi connectivity index (χ1v) is 6.18. The van der Waals surface area contributed by atoms with Crippen molar-refractivity contribution in [1.82, 2.24) is 4.98 Å². The van der Waals surface area contributed by atoms with E-state index >= 15 is 0 Å². The second-order valence-electron chi connectivity index (χ2n) is 4.48. The molecule has 1 aromatic carbocycles. The third-order valence-corrected chi connectivity index (χ3v) is 3.04. The molecule has 2 aromatic rings. The van der Waals surface area contributed by atoms with Gasteiger partial charge in [0.2, 0.25) is 0 Å². The molecule has 2 rings (SSSR count). The fourth-order valence-electron chi connectivity index (χ4n) is 1.97. The predicted molar refractivity (Wildman–Crippen MR) is 77.2 cm³/mol. The largest absolute Gasteiger partial charge is 0.397 e. The summed E-state index contributed by atoms with van der Waals surface area (Å²) in [6.45, 7) is 7.10. The predicted octanol–water partition coefficient (Wildman–Crippen LogP) is 3.44. The van der Waals surface area contributed by atoms with Crippen LogP contribution in [0, 0.1) is 13.8 Å². The van der Waals surface area contributed by atoms with E-state index in [0.29, 0.717) is 0 Å². The van der Waals surface area contributed by atoms with Crippen LogP contribution in [0.4, 0.5) is 17.2 Å². The number of benzene rings is 1. The molecule has 18 heavy (non-hydrogen) atoms. The molecule has 0 saturated heterocycles. The van der Waals surface area contributed by atoms with Crippen molar-refractivity contribution in [2.45, 2.75) is 20.8 Å². The van der Waals surface area contributed by atoms with Crippen molar-refractivity contribution in [3.05, 3.63) is 47.7 Å². The van der Waals surface area contributed by atoms with Gasteiger partial charge in [0.1, 0.15) is 5.82 Å². The molecule has 0 aliphatic heterocycles. The molecule has 0 aliphatic carbocycles. The van der Waals surface area contributed by atoms with E-state index in [-0.39, 0.29) is 0 Å². The highest BCUT2D eigenvalue weighted by Gasteiger charge is 2.09. The van der Waals surface area contributed by atoms with Gasteiger partial charge in [-0.25, -0.2) is 4.98 Å². The maximum Gasteiger partial charge on any atom is 0.133 e. The molecule has 3 heteroatoms. The molecule has 0 aliphatic rings. The molecular weight excluding hydrogens is 222 g/mol. The van der Waals surface area contributed by atoms with Gasteiger partial charge in [-0.3, -0.25) is 0 Å². The molecule has 0 amide bonds. The second kappa shape index (κ2) is 5.08. The number of rotatable bonds is 3. The van der Waals surface area contributed by atoms with Gasteiger partial charge in [0.15, 0.2) is 0 Å². The van der Waals surface area contributed by atoms with Gasteiger partial charge in [0.25, 0.3) is 0 Å². The molecule has 0 radical (unpaired) electrons. The molecule has 0 unspecified atom stereocenters. The van der Waals surface area contributed by atoms with E-state index in [0.717, 1.165) is 29.3 Å². The minimum Gasteiger partial charge on any atom is -0.397 e. The molecule has 0 spiro atoms. The van der Waals surface area contributed by atoms with Gasteiger partial charge in [-0.15, -0.1) is 0 Å². The lowest BCUT2D eigenvalue weighted by Gasteiger charge is -2.23. The van der Waals surface area contributed by atoms with E-state index in [1.807, 2.05) is 13.0 Å². The van der Waals surface area contributed by atoms with Crippen molar-refractivity contribution in [3.63, 3.8) is 0 Å². The SMILES string of the molecule is CCN(c1cccc(C)c1)c1cc(C)c(N)cn1. The summed E-state index contributed by atoms with van der Waals surface area (Å²) in [5.41, 5.74) is 10.0. The first kappa shape index (κ1) is 12.4. The third kappa shape index (κ3) is 2.45. The van der Waals surface area contributed by atoms with E-state index in [4.69, 9.17) is 5.73 Å². The van der Waals surface area contributed by atoms with Gasteiger partial charge in [-0.1, -0.05) is 12.1 Å². The van der Waals surface area contributed by atoms with Crippen LogP contribution in [0.25, 0.3) is 0 Å². The fraction of sp³-hybridized carbons (Fsp3) is 0.267. The van der Waals surface area contributed by atoms with Gasteiger partial charge >= 0.3 is 0 Å². The Morgan fingerprint density at radius 2 is 2.00 bits per heavy atom. The number of nitrogens with two attached hydrogens (primary N) is 1. The molecule has 1 aromatic heterocycles. The molecule has 94 valence electrons. The van der Waals surface area contributed by atoms with Crippen LogP contribution in [-0.2, 0) is 0 Å². The van der Waals surface area contributed by atoms with Crippen molar-refractivity contribution in [2.75, 3.05) is 17.2 Å². The molecule has 0 atom stereocenters. The maximum absolute atomic E-state index is 5.81. The summed E-state index contributed by atoms with van der Waals surface area (Å²) in [6.07, 6.45) is 1.73. The Morgan fingerprint density at radius 1 is 1.22 bits per heavy atom. The number of hydrogen-bond acceptors (Lipinski definition) is 3.